The van der Waals surface area contributed by atoms with Crippen LogP contribution in [0.3, 0.4) is 0 Å². The Morgan fingerprint density at radius 1 is 1.21 bits per heavy atom. The van der Waals surface area contributed by atoms with Crippen molar-refractivity contribution >= 4 is 22.5 Å². The van der Waals surface area contributed by atoms with Gasteiger partial charge in [0.15, 0.2) is 5.78 Å². The molecular weight excluding hydrogens is 416 g/mol. The number of anilines is 1. The molecule has 0 saturated carbocycles. The van der Waals surface area contributed by atoms with Crippen LogP contribution in [-0.4, -0.2) is 37.1 Å². The smallest absolute Gasteiger partial charge is 0.205 e. The lowest BCUT2D eigenvalue weighted by molar-refractivity contribution is -0.119. The van der Waals surface area contributed by atoms with Gasteiger partial charge in [0.2, 0.25) is 5.88 Å². The van der Waals surface area contributed by atoms with Gasteiger partial charge in [0.05, 0.1) is 24.6 Å². The van der Waals surface area contributed by atoms with Crippen LogP contribution in [0.4, 0.5) is 5.82 Å². The molecule has 1 saturated heterocycles. The van der Waals surface area contributed by atoms with Crippen molar-refractivity contribution in [3.63, 3.8) is 0 Å². The van der Waals surface area contributed by atoms with Crippen LogP contribution in [0.5, 0.6) is 0 Å². The van der Waals surface area contributed by atoms with Crippen LogP contribution in [0.15, 0.2) is 47.1 Å². The summed E-state index contributed by atoms with van der Waals surface area (Å²) in [6.45, 7) is 8.72. The van der Waals surface area contributed by atoms with E-state index in [1.54, 1.807) is 0 Å². The zero-order valence-corrected chi connectivity index (χ0v) is 19.3. The number of rotatable bonds is 2. The number of aryl methyl sites for hydroxylation is 1. The maximum Gasteiger partial charge on any atom is 0.205 e. The molecule has 1 aliphatic carbocycles. The number of benzene rings is 1. The molecule has 170 valence electrons. The monoisotopic (exact) mass is 444 g/mol. The first-order valence-corrected chi connectivity index (χ1v) is 11.4. The predicted molar refractivity (Wildman–Crippen MR) is 125 cm³/mol. The number of hydrogen-bond donors (Lipinski definition) is 1. The third-order valence-corrected chi connectivity index (χ3v) is 6.68. The minimum absolute atomic E-state index is 0.00349. The molecule has 0 radical (unpaired) electrons. The van der Waals surface area contributed by atoms with Gasteiger partial charge in [0.25, 0.3) is 0 Å². The van der Waals surface area contributed by atoms with E-state index in [-0.39, 0.29) is 22.7 Å². The fourth-order valence-electron chi connectivity index (χ4n) is 5.14. The van der Waals surface area contributed by atoms with Gasteiger partial charge in [-0.25, -0.2) is 4.98 Å². The number of ether oxygens (including phenoxy) is 2. The number of morpholine rings is 1. The zero-order chi connectivity index (χ0) is 23.3. The highest BCUT2D eigenvalue weighted by Gasteiger charge is 2.44. The highest BCUT2D eigenvalue weighted by Crippen LogP contribution is 2.49. The summed E-state index contributed by atoms with van der Waals surface area (Å²) in [6.07, 6.45) is 0.994. The van der Waals surface area contributed by atoms with Gasteiger partial charge in [0.1, 0.15) is 23.2 Å². The number of allylic oxidation sites excluding steroid dienone is 3. The van der Waals surface area contributed by atoms with Gasteiger partial charge in [0, 0.05) is 42.5 Å². The lowest BCUT2D eigenvalue weighted by Crippen LogP contribution is -2.38. The number of nitriles is 1. The second kappa shape index (κ2) is 7.89. The topological polar surface area (TPSA) is 101 Å². The molecule has 33 heavy (non-hydrogen) atoms. The van der Waals surface area contributed by atoms with E-state index in [1.807, 2.05) is 32.9 Å². The summed E-state index contributed by atoms with van der Waals surface area (Å²) < 4.78 is 11.4. The third kappa shape index (κ3) is 3.75. The Morgan fingerprint density at radius 2 is 1.97 bits per heavy atom. The van der Waals surface area contributed by atoms with Crippen molar-refractivity contribution in [2.24, 2.45) is 11.1 Å². The van der Waals surface area contributed by atoms with Crippen LogP contribution in [0.2, 0.25) is 0 Å². The minimum atomic E-state index is -0.599. The van der Waals surface area contributed by atoms with Crippen molar-refractivity contribution in [2.45, 2.75) is 39.5 Å². The average Bonchev–Trinajstić information content (AvgIpc) is 2.77. The van der Waals surface area contributed by atoms with Crippen LogP contribution < -0.4 is 10.6 Å². The Balaban J connectivity index is 1.77. The summed E-state index contributed by atoms with van der Waals surface area (Å²) in [6, 6.07) is 10.4. The van der Waals surface area contributed by atoms with E-state index < -0.39 is 5.92 Å². The molecule has 7 nitrogen and oxygen atoms in total. The van der Waals surface area contributed by atoms with Gasteiger partial charge in [-0.2, -0.15) is 5.26 Å². The molecule has 7 heteroatoms. The van der Waals surface area contributed by atoms with Crippen molar-refractivity contribution < 1.29 is 14.3 Å². The Bertz CT molecular complexity index is 1260. The van der Waals surface area contributed by atoms with E-state index in [9.17, 15) is 10.1 Å². The molecule has 2 aliphatic heterocycles. The van der Waals surface area contributed by atoms with Crippen molar-refractivity contribution in [1.29, 1.82) is 5.26 Å². The molecule has 3 aliphatic rings. The van der Waals surface area contributed by atoms with E-state index >= 15 is 0 Å². The lowest BCUT2D eigenvalue weighted by atomic mass is 9.70. The molecule has 1 aromatic heterocycles. The van der Waals surface area contributed by atoms with Crippen molar-refractivity contribution in [3.8, 4) is 6.07 Å². The minimum Gasteiger partial charge on any atom is -0.444 e. The second-order valence-corrected chi connectivity index (χ2v) is 9.90. The molecule has 1 fully saturated rings. The van der Waals surface area contributed by atoms with Crippen LogP contribution >= 0.6 is 0 Å². The number of carbonyl (C=O) groups excluding carboxylic acids is 1. The number of fused-ring (bicyclic) bond motifs is 1. The Morgan fingerprint density at radius 3 is 2.70 bits per heavy atom. The van der Waals surface area contributed by atoms with Crippen LogP contribution in [-0.2, 0) is 14.3 Å². The number of ketones is 1. The Kier molecular flexibility index (Phi) is 5.13. The number of nitrogens with two attached hydrogens (primary N) is 1. The SMILES string of the molecule is Cc1ccc2nc(N3CCOCC3)c(C3C(C#N)=C(N)OC4=C3C(=O)CC(C)(C)C4)cc2c1. The number of aromatic nitrogens is 1. The highest BCUT2D eigenvalue weighted by atomic mass is 16.5. The molecule has 1 atom stereocenters. The average molecular weight is 445 g/mol. The number of Topliss-reactive ketones (excluding diaryl/α,β-unsaturated/α-hetero) is 1. The molecule has 0 bridgehead atoms. The lowest BCUT2D eigenvalue weighted by Gasteiger charge is -2.38. The Labute approximate surface area is 193 Å². The third-order valence-electron chi connectivity index (χ3n) is 6.68. The molecule has 1 aromatic carbocycles. The second-order valence-electron chi connectivity index (χ2n) is 9.90. The van der Waals surface area contributed by atoms with E-state index in [1.165, 1.54) is 0 Å². The number of hydrogen-bond acceptors (Lipinski definition) is 7. The Hall–Kier alpha value is -3.37. The van der Waals surface area contributed by atoms with Crippen molar-refractivity contribution in [2.75, 3.05) is 31.2 Å². The molecule has 0 spiro atoms. The summed E-state index contributed by atoms with van der Waals surface area (Å²) in [4.78, 5) is 20.6. The molecule has 5 rings (SSSR count). The standard InChI is InChI=1S/C26H28N4O3/c1-15-4-5-19-16(10-15)11-17(25(29-19)30-6-8-32-9-7-30)22-18(14-27)24(28)33-21-13-26(2,3)12-20(31)23(21)22/h4-5,10-11,22H,6-9,12-13,28H2,1-3H3. The van der Waals surface area contributed by atoms with Crippen LogP contribution in [0.1, 0.15) is 43.7 Å². The van der Waals surface area contributed by atoms with Gasteiger partial charge < -0.3 is 20.1 Å². The summed E-state index contributed by atoms with van der Waals surface area (Å²) >= 11 is 0. The molecule has 2 aromatic rings. The molecule has 1 unspecified atom stereocenters. The van der Waals surface area contributed by atoms with Gasteiger partial charge in [-0.15, -0.1) is 0 Å². The summed E-state index contributed by atoms with van der Waals surface area (Å²) in [5, 5.41) is 11.0. The largest absolute Gasteiger partial charge is 0.444 e. The molecule has 0 amide bonds. The van der Waals surface area contributed by atoms with Crippen LogP contribution in [0, 0.1) is 23.7 Å². The molecule has 3 heterocycles. The predicted octanol–water partition coefficient (Wildman–Crippen LogP) is 3.83. The van der Waals surface area contributed by atoms with Crippen molar-refractivity contribution in [3.05, 3.63) is 58.2 Å². The molecule has 2 N–H and O–H groups in total. The first-order chi connectivity index (χ1) is 15.8. The van der Waals surface area contributed by atoms with Gasteiger partial charge >= 0.3 is 0 Å². The van der Waals surface area contributed by atoms with E-state index in [4.69, 9.17) is 20.2 Å². The number of carbonyl (C=O) groups is 1. The molecular formula is C26H28N4O3. The fourth-order valence-corrected chi connectivity index (χ4v) is 5.14. The maximum absolute atomic E-state index is 13.4. The number of nitrogens with zero attached hydrogens (tertiary/aromatic N) is 3. The fraction of sp³-hybridized carbons (Fsp3) is 0.423. The van der Waals surface area contributed by atoms with Crippen molar-refractivity contribution in [1.82, 2.24) is 4.98 Å². The summed E-state index contributed by atoms with van der Waals surface area (Å²) in [5.41, 5.74) is 9.66. The van der Waals surface area contributed by atoms with E-state index in [0.717, 1.165) is 27.8 Å². The first-order valence-electron chi connectivity index (χ1n) is 11.4. The van der Waals surface area contributed by atoms with Gasteiger partial charge in [-0.3, -0.25) is 4.79 Å². The van der Waals surface area contributed by atoms with E-state index in [2.05, 4.69) is 23.1 Å². The van der Waals surface area contributed by atoms with Gasteiger partial charge in [-0.05, 0) is 30.5 Å². The first kappa shape index (κ1) is 21.5. The normalized spacial score (nSPS) is 22.8. The highest BCUT2D eigenvalue weighted by molar-refractivity contribution is 6.00. The zero-order valence-electron chi connectivity index (χ0n) is 19.3. The van der Waals surface area contributed by atoms with Crippen LogP contribution in [0.25, 0.3) is 10.9 Å². The number of pyridine rings is 1. The summed E-state index contributed by atoms with van der Waals surface area (Å²) in [5.74, 6) is 0.826. The maximum atomic E-state index is 13.4. The quantitative estimate of drug-likeness (QED) is 0.751. The van der Waals surface area contributed by atoms with Gasteiger partial charge in [-0.1, -0.05) is 25.5 Å². The summed E-state index contributed by atoms with van der Waals surface area (Å²) in [7, 11) is 0. The van der Waals surface area contributed by atoms with E-state index in [0.29, 0.717) is 50.5 Å².